The zero-order chi connectivity index (χ0) is 22.9. The summed E-state index contributed by atoms with van der Waals surface area (Å²) in [6, 6.07) is 17.9. The van der Waals surface area contributed by atoms with E-state index in [0.717, 1.165) is 40.9 Å². The SMILES string of the molecule is CCc1cccc(CC)c1NS(=O)(=O)c1ccc2c(c1)sc(=O)n2Cc1ccc(Cl)cc1. The molecule has 0 spiro atoms. The molecular weight excluding hydrogens is 464 g/mol. The van der Waals surface area contributed by atoms with Gasteiger partial charge >= 0.3 is 4.87 Å². The summed E-state index contributed by atoms with van der Waals surface area (Å²) in [5.41, 5.74) is 4.20. The summed E-state index contributed by atoms with van der Waals surface area (Å²) in [6.45, 7) is 4.39. The number of hydrogen-bond donors (Lipinski definition) is 1. The van der Waals surface area contributed by atoms with Crippen LogP contribution in [-0.2, 0) is 29.4 Å². The fourth-order valence-electron chi connectivity index (χ4n) is 3.70. The summed E-state index contributed by atoms with van der Waals surface area (Å²) in [5, 5.41) is 0.634. The minimum absolute atomic E-state index is 0.137. The smallest absolute Gasteiger partial charge is 0.294 e. The van der Waals surface area contributed by atoms with Gasteiger partial charge in [-0.15, -0.1) is 0 Å². The van der Waals surface area contributed by atoms with Crippen LogP contribution in [0.2, 0.25) is 5.02 Å². The molecule has 1 N–H and O–H groups in total. The molecule has 0 atom stereocenters. The number of fused-ring (bicyclic) bond motifs is 1. The van der Waals surface area contributed by atoms with Gasteiger partial charge in [-0.1, -0.05) is 67.1 Å². The highest BCUT2D eigenvalue weighted by Crippen LogP contribution is 2.28. The third-order valence-corrected chi connectivity index (χ3v) is 7.98. The third-order valence-electron chi connectivity index (χ3n) is 5.44. The van der Waals surface area contributed by atoms with E-state index in [9.17, 15) is 13.2 Å². The molecule has 166 valence electrons. The first-order chi connectivity index (χ1) is 15.3. The highest BCUT2D eigenvalue weighted by molar-refractivity contribution is 7.92. The fraction of sp³-hybridized carbons (Fsp3) is 0.208. The number of nitrogens with zero attached hydrogens (tertiary/aromatic N) is 1. The van der Waals surface area contributed by atoms with Crippen molar-refractivity contribution in [1.82, 2.24) is 4.57 Å². The molecule has 0 saturated carbocycles. The van der Waals surface area contributed by atoms with Crippen LogP contribution < -0.4 is 9.60 Å². The lowest BCUT2D eigenvalue weighted by atomic mass is 10.0. The predicted octanol–water partition coefficient (Wildman–Crippen LogP) is 5.69. The molecule has 0 fully saturated rings. The first-order valence-corrected chi connectivity index (χ1v) is 13.0. The summed E-state index contributed by atoms with van der Waals surface area (Å²) in [7, 11) is -3.81. The van der Waals surface area contributed by atoms with E-state index in [1.165, 1.54) is 0 Å². The molecular formula is C24H23ClN2O3S2. The van der Waals surface area contributed by atoms with Gasteiger partial charge in [0.25, 0.3) is 10.0 Å². The van der Waals surface area contributed by atoms with Crippen LogP contribution in [0.15, 0.2) is 70.4 Å². The lowest BCUT2D eigenvalue weighted by Crippen LogP contribution is -2.16. The monoisotopic (exact) mass is 486 g/mol. The second-order valence-corrected chi connectivity index (χ2v) is 10.6. The number of aromatic nitrogens is 1. The van der Waals surface area contributed by atoms with Crippen LogP contribution in [0.3, 0.4) is 0 Å². The Hall–Kier alpha value is -2.61. The van der Waals surface area contributed by atoms with Crippen LogP contribution in [0.25, 0.3) is 10.2 Å². The van der Waals surface area contributed by atoms with Crippen molar-refractivity contribution < 1.29 is 8.42 Å². The van der Waals surface area contributed by atoms with E-state index in [4.69, 9.17) is 11.6 Å². The van der Waals surface area contributed by atoms with Gasteiger partial charge in [0.2, 0.25) is 0 Å². The standard InChI is InChI=1S/C24H23ClN2O3S2/c1-3-17-6-5-7-18(4-2)23(17)26-32(29,30)20-12-13-21-22(14-20)31-24(28)27(21)15-16-8-10-19(25)11-9-16/h5-14,26H,3-4,15H2,1-2H3. The Morgan fingerprint density at radius 3 is 2.25 bits per heavy atom. The highest BCUT2D eigenvalue weighted by Gasteiger charge is 2.20. The van der Waals surface area contributed by atoms with Crippen LogP contribution in [0, 0.1) is 0 Å². The molecule has 0 unspecified atom stereocenters. The average Bonchev–Trinajstić information content (AvgIpc) is 3.09. The van der Waals surface area contributed by atoms with E-state index in [-0.39, 0.29) is 9.77 Å². The molecule has 8 heteroatoms. The molecule has 4 aromatic rings. The summed E-state index contributed by atoms with van der Waals surface area (Å²) < 4.78 is 31.4. The van der Waals surface area contributed by atoms with E-state index >= 15 is 0 Å². The normalized spacial score (nSPS) is 11.7. The molecule has 0 aliphatic rings. The largest absolute Gasteiger partial charge is 0.308 e. The van der Waals surface area contributed by atoms with E-state index in [2.05, 4.69) is 4.72 Å². The van der Waals surface area contributed by atoms with Crippen molar-refractivity contribution >= 4 is 48.9 Å². The van der Waals surface area contributed by atoms with Crippen LogP contribution in [-0.4, -0.2) is 13.0 Å². The lowest BCUT2D eigenvalue weighted by Gasteiger charge is -2.16. The minimum atomic E-state index is -3.81. The molecule has 3 aromatic carbocycles. The van der Waals surface area contributed by atoms with Crippen molar-refractivity contribution in [2.45, 2.75) is 38.1 Å². The van der Waals surface area contributed by atoms with Crippen molar-refractivity contribution in [3.05, 3.63) is 92.0 Å². The number of aryl methyl sites for hydroxylation is 2. The van der Waals surface area contributed by atoms with Crippen molar-refractivity contribution in [2.75, 3.05) is 4.72 Å². The van der Waals surface area contributed by atoms with Gasteiger partial charge in [-0.2, -0.15) is 0 Å². The third kappa shape index (κ3) is 4.46. The van der Waals surface area contributed by atoms with E-state index in [0.29, 0.717) is 27.5 Å². The summed E-state index contributed by atoms with van der Waals surface area (Å²) in [6.07, 6.45) is 1.44. The topological polar surface area (TPSA) is 68.2 Å². The van der Waals surface area contributed by atoms with Gasteiger partial charge in [0.1, 0.15) is 0 Å². The molecule has 1 heterocycles. The maximum absolute atomic E-state index is 13.2. The fourth-order valence-corrected chi connectivity index (χ4v) is 6.00. The maximum atomic E-state index is 13.2. The molecule has 0 radical (unpaired) electrons. The van der Waals surface area contributed by atoms with Crippen molar-refractivity contribution in [3.63, 3.8) is 0 Å². The number of benzene rings is 3. The quantitative estimate of drug-likeness (QED) is 0.365. The van der Waals surface area contributed by atoms with Crippen molar-refractivity contribution in [1.29, 1.82) is 0 Å². The second kappa shape index (κ2) is 9.10. The Balaban J connectivity index is 1.70. The zero-order valence-corrected chi connectivity index (χ0v) is 20.2. The van der Waals surface area contributed by atoms with Crippen LogP contribution in [0.1, 0.15) is 30.5 Å². The minimum Gasteiger partial charge on any atom is -0.294 e. The first kappa shape index (κ1) is 22.6. The Kier molecular flexibility index (Phi) is 6.42. The second-order valence-electron chi connectivity index (χ2n) is 7.47. The lowest BCUT2D eigenvalue weighted by molar-refractivity contribution is 0.601. The van der Waals surface area contributed by atoms with Crippen LogP contribution in [0.5, 0.6) is 0 Å². The molecule has 4 rings (SSSR count). The van der Waals surface area contributed by atoms with E-state index in [1.807, 2.05) is 44.2 Å². The number of anilines is 1. The van der Waals surface area contributed by atoms with E-state index in [1.54, 1.807) is 34.9 Å². The molecule has 1 aromatic heterocycles. The molecule has 5 nitrogen and oxygen atoms in total. The van der Waals surface area contributed by atoms with E-state index < -0.39 is 10.0 Å². The average molecular weight is 487 g/mol. The highest BCUT2D eigenvalue weighted by atomic mass is 35.5. The van der Waals surface area contributed by atoms with Gasteiger partial charge in [0, 0.05) is 5.02 Å². The molecule has 0 bridgehead atoms. The number of nitrogens with one attached hydrogen (secondary N) is 1. The molecule has 0 aliphatic carbocycles. The molecule has 0 saturated heterocycles. The molecule has 32 heavy (non-hydrogen) atoms. The van der Waals surface area contributed by atoms with Gasteiger partial charge in [-0.25, -0.2) is 8.42 Å². The predicted molar refractivity (Wildman–Crippen MR) is 133 cm³/mol. The number of para-hydroxylation sites is 1. The summed E-state index contributed by atoms with van der Waals surface area (Å²) in [4.78, 5) is 12.6. The maximum Gasteiger partial charge on any atom is 0.308 e. The number of rotatable bonds is 7. The Labute approximate surface area is 196 Å². The van der Waals surface area contributed by atoms with Crippen LogP contribution >= 0.6 is 22.9 Å². The van der Waals surface area contributed by atoms with Crippen molar-refractivity contribution in [3.8, 4) is 0 Å². The van der Waals surface area contributed by atoms with Gasteiger partial charge in [0.05, 0.1) is 27.3 Å². The Morgan fingerprint density at radius 1 is 0.969 bits per heavy atom. The van der Waals surface area contributed by atoms with Crippen molar-refractivity contribution in [2.24, 2.45) is 0 Å². The number of thiazole rings is 1. The Morgan fingerprint density at radius 2 is 1.62 bits per heavy atom. The summed E-state index contributed by atoms with van der Waals surface area (Å²) in [5.74, 6) is 0. The zero-order valence-electron chi connectivity index (χ0n) is 17.8. The van der Waals surface area contributed by atoms with Crippen LogP contribution in [0.4, 0.5) is 5.69 Å². The van der Waals surface area contributed by atoms with Gasteiger partial charge in [-0.05, 0) is 59.9 Å². The Bertz CT molecular complexity index is 1420. The first-order valence-electron chi connectivity index (χ1n) is 10.3. The number of sulfonamides is 1. The molecule has 0 amide bonds. The van der Waals surface area contributed by atoms with Gasteiger partial charge in [-0.3, -0.25) is 14.1 Å². The van der Waals surface area contributed by atoms with Gasteiger partial charge in [0.15, 0.2) is 0 Å². The van der Waals surface area contributed by atoms with Gasteiger partial charge < -0.3 is 0 Å². The number of hydrogen-bond acceptors (Lipinski definition) is 4. The number of halogens is 1. The summed E-state index contributed by atoms with van der Waals surface area (Å²) >= 11 is 6.99. The molecule has 0 aliphatic heterocycles.